The van der Waals surface area contributed by atoms with Crippen molar-refractivity contribution in [1.82, 2.24) is 0 Å². The Labute approximate surface area is 150 Å². The Hall–Kier alpha value is -2.48. The predicted molar refractivity (Wildman–Crippen MR) is 103 cm³/mol. The topological polar surface area (TPSA) is 0 Å². The molecule has 0 heterocycles. The fraction of sp³-hybridized carbons (Fsp3) is 0.217. The first-order valence-corrected chi connectivity index (χ1v) is 8.26. The molecule has 0 bridgehead atoms. The highest BCUT2D eigenvalue weighted by molar-refractivity contribution is 5.22. The number of hydrogen-bond donors (Lipinski definition) is 0. The summed E-state index contributed by atoms with van der Waals surface area (Å²) >= 11 is 0. The van der Waals surface area contributed by atoms with E-state index in [4.69, 9.17) is 0 Å². The van der Waals surface area contributed by atoms with Crippen molar-refractivity contribution in [3.63, 3.8) is 0 Å². The lowest BCUT2D eigenvalue weighted by atomic mass is 10.1. The van der Waals surface area contributed by atoms with Crippen LogP contribution in [0.25, 0.3) is 0 Å². The molecule has 0 radical (unpaired) electrons. The molecule has 0 saturated carbocycles. The normalized spacial score (nSPS) is 9.40. The van der Waals surface area contributed by atoms with Gasteiger partial charge in [-0.15, -0.1) is 0 Å². The highest BCUT2D eigenvalue weighted by atomic mass is 19.1. The fourth-order valence-corrected chi connectivity index (χ4v) is 2.13. The summed E-state index contributed by atoms with van der Waals surface area (Å²) in [6.07, 6.45) is 0. The van der Waals surface area contributed by atoms with E-state index in [9.17, 15) is 8.78 Å². The van der Waals surface area contributed by atoms with Crippen LogP contribution < -0.4 is 0 Å². The van der Waals surface area contributed by atoms with E-state index >= 15 is 0 Å². The Bertz CT molecular complexity index is 736. The molecule has 0 amide bonds. The van der Waals surface area contributed by atoms with Crippen LogP contribution in [0.15, 0.2) is 66.7 Å². The monoisotopic (exact) mass is 340 g/mol. The van der Waals surface area contributed by atoms with Crippen molar-refractivity contribution in [1.29, 1.82) is 0 Å². The van der Waals surface area contributed by atoms with Gasteiger partial charge in [0, 0.05) is 0 Å². The van der Waals surface area contributed by atoms with Crippen LogP contribution in [0, 0.1) is 46.3 Å². The zero-order valence-corrected chi connectivity index (χ0v) is 15.6. The van der Waals surface area contributed by atoms with Gasteiger partial charge in [0.15, 0.2) is 0 Å². The summed E-state index contributed by atoms with van der Waals surface area (Å²) in [5.41, 5.74) is 5.59. The second-order valence-electron chi connectivity index (χ2n) is 6.21. The third kappa shape index (κ3) is 8.80. The van der Waals surface area contributed by atoms with Crippen LogP contribution in [0.1, 0.15) is 27.8 Å². The quantitative estimate of drug-likeness (QED) is 0.418. The van der Waals surface area contributed by atoms with Crippen molar-refractivity contribution < 1.29 is 8.78 Å². The van der Waals surface area contributed by atoms with Crippen LogP contribution in [0.2, 0.25) is 0 Å². The molecule has 0 spiro atoms. The van der Waals surface area contributed by atoms with Crippen LogP contribution in [0.5, 0.6) is 0 Å². The molecule has 25 heavy (non-hydrogen) atoms. The number of benzene rings is 3. The summed E-state index contributed by atoms with van der Waals surface area (Å²) in [5, 5.41) is 0. The lowest BCUT2D eigenvalue weighted by molar-refractivity contribution is 0.618. The SMILES string of the molecule is Cc1ccc(F)c(C)c1.Cc1ccc(F)cc1.Cc1cccc(C)c1. The first kappa shape index (κ1) is 20.6. The van der Waals surface area contributed by atoms with Gasteiger partial charge < -0.3 is 0 Å². The highest BCUT2D eigenvalue weighted by Crippen LogP contribution is 2.07. The van der Waals surface area contributed by atoms with Crippen LogP contribution in [0.4, 0.5) is 8.78 Å². The van der Waals surface area contributed by atoms with Gasteiger partial charge in [-0.1, -0.05) is 70.8 Å². The Kier molecular flexibility index (Phi) is 8.55. The third-order valence-electron chi connectivity index (χ3n) is 3.50. The van der Waals surface area contributed by atoms with Gasteiger partial charge in [0.1, 0.15) is 11.6 Å². The van der Waals surface area contributed by atoms with E-state index in [0.29, 0.717) is 0 Å². The molecule has 0 aliphatic heterocycles. The average molecular weight is 340 g/mol. The van der Waals surface area contributed by atoms with Gasteiger partial charge in [-0.25, -0.2) is 8.78 Å². The van der Waals surface area contributed by atoms with Crippen molar-refractivity contribution >= 4 is 0 Å². The standard InChI is InChI=1S/C8H9F.C8H10.C7H7F/c1-6-3-4-8(9)7(2)5-6;1-7-4-3-5-8(2)6-7;1-6-2-4-7(8)5-3-6/h3-5H,1-2H3;3-6H,1-2H3;2-5H,1H3. The molecule has 132 valence electrons. The van der Waals surface area contributed by atoms with Crippen molar-refractivity contribution in [2.24, 2.45) is 0 Å². The van der Waals surface area contributed by atoms with Crippen molar-refractivity contribution in [3.05, 3.63) is 106 Å². The van der Waals surface area contributed by atoms with Gasteiger partial charge in [0.2, 0.25) is 0 Å². The minimum atomic E-state index is -0.171. The van der Waals surface area contributed by atoms with E-state index in [-0.39, 0.29) is 11.6 Å². The molecular weight excluding hydrogens is 314 g/mol. The third-order valence-corrected chi connectivity index (χ3v) is 3.50. The largest absolute Gasteiger partial charge is 0.207 e. The molecule has 0 fully saturated rings. The van der Waals surface area contributed by atoms with E-state index < -0.39 is 0 Å². The first-order valence-electron chi connectivity index (χ1n) is 8.26. The predicted octanol–water partition coefficient (Wildman–Crippen LogP) is 6.88. The van der Waals surface area contributed by atoms with Crippen LogP contribution in [0.3, 0.4) is 0 Å². The number of hydrogen-bond acceptors (Lipinski definition) is 0. The van der Waals surface area contributed by atoms with Crippen LogP contribution in [-0.4, -0.2) is 0 Å². The van der Waals surface area contributed by atoms with Crippen molar-refractivity contribution in [2.75, 3.05) is 0 Å². The molecule has 3 rings (SSSR count). The molecule has 0 aliphatic rings. The Balaban J connectivity index is 0.000000188. The summed E-state index contributed by atoms with van der Waals surface area (Å²) < 4.78 is 24.6. The van der Waals surface area contributed by atoms with Gasteiger partial charge in [0.05, 0.1) is 0 Å². The minimum absolute atomic E-state index is 0.124. The Morgan fingerprint density at radius 1 is 0.520 bits per heavy atom. The van der Waals surface area contributed by atoms with Crippen LogP contribution >= 0.6 is 0 Å². The molecule has 0 saturated heterocycles. The summed E-state index contributed by atoms with van der Waals surface area (Å²) in [5.74, 6) is -0.295. The molecule has 0 atom stereocenters. The lowest BCUT2D eigenvalue weighted by Crippen LogP contribution is -1.81. The maximum absolute atomic E-state index is 12.5. The smallest absolute Gasteiger partial charge is 0.126 e. The molecule has 0 aliphatic carbocycles. The molecule has 2 heteroatoms. The van der Waals surface area contributed by atoms with Crippen molar-refractivity contribution in [2.45, 2.75) is 34.6 Å². The van der Waals surface area contributed by atoms with Gasteiger partial charge in [-0.05, 0) is 58.4 Å². The Morgan fingerprint density at radius 2 is 1.00 bits per heavy atom. The average Bonchev–Trinajstić information content (AvgIpc) is 2.55. The Morgan fingerprint density at radius 3 is 1.36 bits per heavy atom. The molecule has 0 N–H and O–H groups in total. The number of aryl methyl sites for hydroxylation is 5. The molecular formula is C23H26F2. The highest BCUT2D eigenvalue weighted by Gasteiger charge is 1.93. The van der Waals surface area contributed by atoms with Gasteiger partial charge in [-0.2, -0.15) is 0 Å². The maximum Gasteiger partial charge on any atom is 0.126 e. The lowest BCUT2D eigenvalue weighted by Gasteiger charge is -1.95. The number of halogens is 2. The second-order valence-corrected chi connectivity index (χ2v) is 6.21. The van der Waals surface area contributed by atoms with E-state index in [2.05, 4.69) is 38.1 Å². The van der Waals surface area contributed by atoms with E-state index in [1.807, 2.05) is 19.9 Å². The molecule has 3 aromatic rings. The fourth-order valence-electron chi connectivity index (χ4n) is 2.13. The first-order chi connectivity index (χ1) is 11.8. The van der Waals surface area contributed by atoms with E-state index in [1.165, 1.54) is 29.3 Å². The minimum Gasteiger partial charge on any atom is -0.207 e. The summed E-state index contributed by atoms with van der Waals surface area (Å²) in [7, 11) is 0. The summed E-state index contributed by atoms with van der Waals surface area (Å²) in [4.78, 5) is 0. The molecule has 3 aromatic carbocycles. The van der Waals surface area contributed by atoms with E-state index in [0.717, 1.165) is 16.7 Å². The maximum atomic E-state index is 12.5. The summed E-state index contributed by atoms with van der Waals surface area (Å²) in [6.45, 7) is 9.86. The van der Waals surface area contributed by atoms with Crippen molar-refractivity contribution in [3.8, 4) is 0 Å². The molecule has 0 unspecified atom stereocenters. The number of rotatable bonds is 0. The van der Waals surface area contributed by atoms with Gasteiger partial charge in [0.25, 0.3) is 0 Å². The van der Waals surface area contributed by atoms with Crippen LogP contribution in [-0.2, 0) is 0 Å². The second kappa shape index (κ2) is 10.4. The van der Waals surface area contributed by atoms with Gasteiger partial charge in [-0.3, -0.25) is 0 Å². The van der Waals surface area contributed by atoms with Gasteiger partial charge >= 0.3 is 0 Å². The summed E-state index contributed by atoms with van der Waals surface area (Å²) in [6, 6.07) is 19.9. The molecule has 0 nitrogen and oxygen atoms in total. The zero-order valence-electron chi connectivity index (χ0n) is 15.6. The molecule has 0 aromatic heterocycles. The zero-order chi connectivity index (χ0) is 18.8. The van der Waals surface area contributed by atoms with E-state index in [1.54, 1.807) is 25.1 Å².